The summed E-state index contributed by atoms with van der Waals surface area (Å²) in [6.45, 7) is 0.779. The second-order valence-electron chi connectivity index (χ2n) is 6.99. The maximum atomic E-state index is 13.4. The minimum Gasteiger partial charge on any atom is -0.497 e. The Kier molecular flexibility index (Phi) is 7.82. The number of nitrogen functional groups attached to an aromatic ring is 1. The first-order chi connectivity index (χ1) is 16.0. The number of nitrogens with two attached hydrogens (primary N) is 2. The number of rotatable bonds is 10. The van der Waals surface area contributed by atoms with Crippen LogP contribution in [0.15, 0.2) is 54.7 Å². The molecule has 3 rings (SSSR count). The van der Waals surface area contributed by atoms with Crippen LogP contribution < -0.4 is 31.0 Å². The number of ketones is 1. The van der Waals surface area contributed by atoms with Gasteiger partial charge in [-0.15, -0.1) is 0 Å². The van der Waals surface area contributed by atoms with Gasteiger partial charge in [0.25, 0.3) is 5.91 Å². The van der Waals surface area contributed by atoms with Gasteiger partial charge in [-0.1, -0.05) is 0 Å². The molecule has 9 heteroatoms. The summed E-state index contributed by atoms with van der Waals surface area (Å²) in [6.07, 6.45) is 2.02. The number of pyridine rings is 1. The van der Waals surface area contributed by atoms with Crippen molar-refractivity contribution in [2.24, 2.45) is 5.73 Å². The molecule has 9 nitrogen and oxygen atoms in total. The summed E-state index contributed by atoms with van der Waals surface area (Å²) in [6, 6.07) is 12.9. The quantitative estimate of drug-likeness (QED) is 0.317. The van der Waals surface area contributed by atoms with Gasteiger partial charge in [0.1, 0.15) is 22.9 Å². The molecule has 2 aromatic carbocycles. The van der Waals surface area contributed by atoms with Crippen LogP contribution in [-0.4, -0.2) is 44.0 Å². The van der Waals surface area contributed by atoms with E-state index in [1.807, 2.05) is 0 Å². The van der Waals surface area contributed by atoms with Gasteiger partial charge in [0.05, 0.1) is 37.8 Å². The SMILES string of the molecule is COc1ccc(C(=O)Nc2c(N)ccnc2C(=O)c2ccc(OC)cc2OCCCN)cc1. The first-order valence-corrected chi connectivity index (χ1v) is 10.2. The van der Waals surface area contributed by atoms with Gasteiger partial charge >= 0.3 is 0 Å². The van der Waals surface area contributed by atoms with Crippen LogP contribution >= 0.6 is 0 Å². The average molecular weight is 450 g/mol. The van der Waals surface area contributed by atoms with Crippen LogP contribution in [0.25, 0.3) is 0 Å². The number of hydrogen-bond acceptors (Lipinski definition) is 8. The standard InChI is InChI=1S/C24H26N4O5/c1-31-16-6-4-15(5-7-16)24(30)28-21-19(26)10-12-27-22(21)23(29)18-9-8-17(32-2)14-20(18)33-13-3-11-25/h4-10,12,14H,3,11,13,25H2,1-2H3,(H2,26,27)(H,28,30). The highest BCUT2D eigenvalue weighted by molar-refractivity contribution is 6.17. The lowest BCUT2D eigenvalue weighted by Crippen LogP contribution is -2.18. The Morgan fingerprint density at radius 2 is 1.70 bits per heavy atom. The fourth-order valence-electron chi connectivity index (χ4n) is 3.04. The molecule has 1 heterocycles. The molecule has 0 atom stereocenters. The smallest absolute Gasteiger partial charge is 0.255 e. The maximum Gasteiger partial charge on any atom is 0.255 e. The van der Waals surface area contributed by atoms with Crippen molar-refractivity contribution in [3.63, 3.8) is 0 Å². The minimum absolute atomic E-state index is 0.00861. The predicted octanol–water partition coefficient (Wildman–Crippen LogP) is 2.89. The van der Waals surface area contributed by atoms with E-state index in [-0.39, 0.29) is 22.6 Å². The summed E-state index contributed by atoms with van der Waals surface area (Å²) >= 11 is 0. The van der Waals surface area contributed by atoms with E-state index in [4.69, 9.17) is 25.7 Å². The number of hydrogen-bond donors (Lipinski definition) is 3. The molecule has 3 aromatic rings. The molecule has 0 radical (unpaired) electrons. The third kappa shape index (κ3) is 5.58. The Labute approximate surface area is 191 Å². The molecule has 0 aliphatic heterocycles. The Morgan fingerprint density at radius 3 is 2.36 bits per heavy atom. The number of aromatic nitrogens is 1. The minimum atomic E-state index is -0.460. The second-order valence-corrected chi connectivity index (χ2v) is 6.99. The van der Waals surface area contributed by atoms with Crippen LogP contribution in [0.2, 0.25) is 0 Å². The zero-order valence-corrected chi connectivity index (χ0v) is 18.5. The molecular formula is C24H26N4O5. The average Bonchev–Trinajstić information content (AvgIpc) is 2.85. The van der Waals surface area contributed by atoms with E-state index >= 15 is 0 Å². The zero-order valence-electron chi connectivity index (χ0n) is 18.5. The third-order valence-corrected chi connectivity index (χ3v) is 4.83. The topological polar surface area (TPSA) is 139 Å². The van der Waals surface area contributed by atoms with E-state index in [1.165, 1.54) is 26.5 Å². The molecule has 0 saturated carbocycles. The summed E-state index contributed by atoms with van der Waals surface area (Å²) in [5.41, 5.74) is 12.6. The van der Waals surface area contributed by atoms with Crippen molar-refractivity contribution in [1.29, 1.82) is 0 Å². The number of methoxy groups -OCH3 is 2. The molecule has 0 saturated heterocycles. The highest BCUT2D eigenvalue weighted by Gasteiger charge is 2.23. The fraction of sp³-hybridized carbons (Fsp3) is 0.208. The Morgan fingerprint density at radius 1 is 1.00 bits per heavy atom. The van der Waals surface area contributed by atoms with E-state index in [1.54, 1.807) is 42.5 Å². The van der Waals surface area contributed by atoms with Crippen molar-refractivity contribution < 1.29 is 23.8 Å². The van der Waals surface area contributed by atoms with Gasteiger partial charge in [0, 0.05) is 17.8 Å². The molecule has 33 heavy (non-hydrogen) atoms. The second kappa shape index (κ2) is 11.0. The number of nitrogens with zero attached hydrogens (tertiary/aromatic N) is 1. The van der Waals surface area contributed by atoms with Crippen LogP contribution in [-0.2, 0) is 0 Å². The van der Waals surface area contributed by atoms with Crippen molar-refractivity contribution in [3.05, 3.63) is 71.5 Å². The Bertz CT molecular complexity index is 1130. The van der Waals surface area contributed by atoms with Crippen molar-refractivity contribution in [2.75, 3.05) is 38.4 Å². The number of carbonyl (C=O) groups excluding carboxylic acids is 2. The van der Waals surface area contributed by atoms with Gasteiger partial charge in [-0.25, -0.2) is 0 Å². The van der Waals surface area contributed by atoms with Gasteiger partial charge in [-0.3, -0.25) is 14.6 Å². The van der Waals surface area contributed by atoms with Crippen LogP contribution in [0.3, 0.4) is 0 Å². The highest BCUT2D eigenvalue weighted by atomic mass is 16.5. The van der Waals surface area contributed by atoms with E-state index in [9.17, 15) is 9.59 Å². The molecule has 0 unspecified atom stereocenters. The van der Waals surface area contributed by atoms with Crippen molar-refractivity contribution >= 4 is 23.1 Å². The summed E-state index contributed by atoms with van der Waals surface area (Å²) < 4.78 is 16.1. The van der Waals surface area contributed by atoms with E-state index in [2.05, 4.69) is 10.3 Å². The third-order valence-electron chi connectivity index (χ3n) is 4.83. The monoisotopic (exact) mass is 450 g/mol. The molecule has 1 amide bonds. The summed E-state index contributed by atoms with van der Waals surface area (Å²) in [4.78, 5) is 30.4. The number of anilines is 2. The molecular weight excluding hydrogens is 424 g/mol. The lowest BCUT2D eigenvalue weighted by atomic mass is 10.0. The first-order valence-electron chi connectivity index (χ1n) is 10.2. The molecule has 0 aliphatic rings. The maximum absolute atomic E-state index is 13.4. The largest absolute Gasteiger partial charge is 0.497 e. The van der Waals surface area contributed by atoms with E-state index in [0.717, 1.165) is 0 Å². The predicted molar refractivity (Wildman–Crippen MR) is 125 cm³/mol. The number of nitrogens with one attached hydrogen (secondary N) is 1. The normalized spacial score (nSPS) is 10.4. The van der Waals surface area contributed by atoms with Gasteiger partial charge < -0.3 is 31.0 Å². The summed E-state index contributed by atoms with van der Waals surface area (Å²) in [5.74, 6) is 0.565. The van der Waals surface area contributed by atoms with Gasteiger partial charge in [0.15, 0.2) is 0 Å². The first kappa shape index (κ1) is 23.6. The zero-order chi connectivity index (χ0) is 23.8. The highest BCUT2D eigenvalue weighted by Crippen LogP contribution is 2.31. The van der Waals surface area contributed by atoms with E-state index < -0.39 is 11.7 Å². The number of amides is 1. The molecule has 1 aromatic heterocycles. The van der Waals surface area contributed by atoms with Crippen LogP contribution in [0, 0.1) is 0 Å². The van der Waals surface area contributed by atoms with Crippen molar-refractivity contribution in [1.82, 2.24) is 4.98 Å². The molecule has 5 N–H and O–H groups in total. The number of benzene rings is 2. The van der Waals surface area contributed by atoms with E-state index in [0.29, 0.717) is 42.4 Å². The summed E-state index contributed by atoms with van der Waals surface area (Å²) in [7, 11) is 3.06. The van der Waals surface area contributed by atoms with Crippen LogP contribution in [0.5, 0.6) is 17.2 Å². The van der Waals surface area contributed by atoms with Crippen LogP contribution in [0.4, 0.5) is 11.4 Å². The number of carbonyl (C=O) groups is 2. The molecule has 0 aliphatic carbocycles. The van der Waals surface area contributed by atoms with Gasteiger partial charge in [0.2, 0.25) is 5.78 Å². The van der Waals surface area contributed by atoms with Gasteiger partial charge in [-0.05, 0) is 55.4 Å². The Balaban J connectivity index is 1.94. The summed E-state index contributed by atoms with van der Waals surface area (Å²) in [5, 5.41) is 2.71. The number of ether oxygens (including phenoxy) is 3. The Hall–Kier alpha value is -4.11. The lowest BCUT2D eigenvalue weighted by Gasteiger charge is -2.15. The molecule has 0 fully saturated rings. The van der Waals surface area contributed by atoms with Crippen molar-refractivity contribution in [3.8, 4) is 17.2 Å². The van der Waals surface area contributed by atoms with Crippen molar-refractivity contribution in [2.45, 2.75) is 6.42 Å². The van der Waals surface area contributed by atoms with Gasteiger partial charge in [-0.2, -0.15) is 0 Å². The lowest BCUT2D eigenvalue weighted by molar-refractivity contribution is 0.102. The molecule has 172 valence electrons. The fourth-order valence-corrected chi connectivity index (χ4v) is 3.04. The molecule has 0 bridgehead atoms. The molecule has 0 spiro atoms. The van der Waals surface area contributed by atoms with Crippen LogP contribution in [0.1, 0.15) is 32.8 Å².